The summed E-state index contributed by atoms with van der Waals surface area (Å²) >= 11 is 0. The Balaban J connectivity index is 1.54. The molecule has 5 rings (SSSR count). The molecular formula is C23H25N7O. The summed E-state index contributed by atoms with van der Waals surface area (Å²) in [5, 5.41) is 9.05. The summed E-state index contributed by atoms with van der Waals surface area (Å²) in [5.74, 6) is 2.05. The van der Waals surface area contributed by atoms with Gasteiger partial charge in [-0.25, -0.2) is 9.67 Å². The van der Waals surface area contributed by atoms with Gasteiger partial charge < -0.3 is 9.42 Å². The van der Waals surface area contributed by atoms with E-state index in [9.17, 15) is 0 Å². The number of anilines is 1. The molecule has 1 fully saturated rings. The van der Waals surface area contributed by atoms with E-state index in [-0.39, 0.29) is 6.04 Å². The Labute approximate surface area is 181 Å². The smallest absolute Gasteiger partial charge is 0.200 e. The summed E-state index contributed by atoms with van der Waals surface area (Å²) in [6.45, 7) is 6.30. The Morgan fingerprint density at radius 3 is 2.55 bits per heavy atom. The lowest BCUT2D eigenvalue weighted by Gasteiger charge is -2.16. The fourth-order valence-corrected chi connectivity index (χ4v) is 3.93. The summed E-state index contributed by atoms with van der Waals surface area (Å²) < 4.78 is 7.32. The van der Waals surface area contributed by atoms with E-state index in [0.717, 1.165) is 42.2 Å². The van der Waals surface area contributed by atoms with Gasteiger partial charge in [-0.15, -0.1) is 5.10 Å². The van der Waals surface area contributed by atoms with Crippen molar-refractivity contribution in [2.75, 3.05) is 18.0 Å². The van der Waals surface area contributed by atoms with E-state index in [1.54, 1.807) is 12.4 Å². The second kappa shape index (κ2) is 8.29. The van der Waals surface area contributed by atoms with Crippen LogP contribution in [0.2, 0.25) is 0 Å². The van der Waals surface area contributed by atoms with E-state index in [4.69, 9.17) is 14.6 Å². The lowest BCUT2D eigenvalue weighted by Crippen LogP contribution is -2.17. The van der Waals surface area contributed by atoms with Crippen LogP contribution in [0.25, 0.3) is 23.0 Å². The van der Waals surface area contributed by atoms with Crippen molar-refractivity contribution >= 4 is 5.69 Å². The van der Waals surface area contributed by atoms with Gasteiger partial charge in [0.1, 0.15) is 11.5 Å². The number of rotatable bonds is 6. The molecule has 0 spiro atoms. The van der Waals surface area contributed by atoms with Crippen molar-refractivity contribution in [3.8, 4) is 23.0 Å². The monoisotopic (exact) mass is 415 g/mol. The Bertz CT molecular complexity index is 1140. The Kier molecular flexibility index (Phi) is 5.19. The molecule has 0 bridgehead atoms. The quantitative estimate of drug-likeness (QED) is 0.467. The number of pyridine rings is 2. The fourth-order valence-electron chi connectivity index (χ4n) is 3.93. The zero-order chi connectivity index (χ0) is 21.2. The topological polar surface area (TPSA) is 85.8 Å². The van der Waals surface area contributed by atoms with Crippen LogP contribution in [0.1, 0.15) is 44.1 Å². The normalized spacial score (nSPS) is 14.8. The van der Waals surface area contributed by atoms with Crippen molar-refractivity contribution in [2.24, 2.45) is 0 Å². The van der Waals surface area contributed by atoms with Gasteiger partial charge in [0, 0.05) is 38.0 Å². The largest absolute Gasteiger partial charge is 0.370 e. The fraction of sp³-hybridized carbons (Fsp3) is 0.348. The van der Waals surface area contributed by atoms with Crippen molar-refractivity contribution in [1.29, 1.82) is 0 Å². The Morgan fingerprint density at radius 1 is 1.06 bits per heavy atom. The molecule has 8 nitrogen and oxygen atoms in total. The van der Waals surface area contributed by atoms with E-state index in [2.05, 4.69) is 33.0 Å². The summed E-state index contributed by atoms with van der Waals surface area (Å²) in [5.41, 5.74) is 3.65. The van der Waals surface area contributed by atoms with Gasteiger partial charge >= 0.3 is 0 Å². The summed E-state index contributed by atoms with van der Waals surface area (Å²) in [6, 6.07) is 9.94. The maximum atomic E-state index is 5.43. The SMILES string of the molecule is CCc1cc(-c2nc(-c3ccc(N4CCCC4)cn3)nn2C(C)c2ccncc2)no1. The molecule has 5 heterocycles. The molecule has 0 N–H and O–H groups in total. The third-order valence-corrected chi connectivity index (χ3v) is 5.77. The van der Waals surface area contributed by atoms with E-state index < -0.39 is 0 Å². The van der Waals surface area contributed by atoms with Crippen LogP contribution in [0.4, 0.5) is 5.69 Å². The molecule has 1 unspecified atom stereocenters. The summed E-state index contributed by atoms with van der Waals surface area (Å²) in [4.78, 5) is 16.0. The van der Waals surface area contributed by atoms with Gasteiger partial charge in [-0.1, -0.05) is 12.1 Å². The minimum Gasteiger partial charge on any atom is -0.370 e. The number of aromatic nitrogens is 6. The molecule has 1 saturated heterocycles. The van der Waals surface area contributed by atoms with Crippen LogP contribution in [0.3, 0.4) is 0 Å². The second-order valence-corrected chi connectivity index (χ2v) is 7.79. The molecule has 8 heteroatoms. The van der Waals surface area contributed by atoms with Gasteiger partial charge in [0.05, 0.1) is 17.9 Å². The van der Waals surface area contributed by atoms with Gasteiger partial charge in [-0.05, 0) is 49.6 Å². The van der Waals surface area contributed by atoms with Crippen LogP contribution in [0, 0.1) is 0 Å². The summed E-state index contributed by atoms with van der Waals surface area (Å²) in [7, 11) is 0. The third-order valence-electron chi connectivity index (χ3n) is 5.77. The van der Waals surface area contributed by atoms with Crippen molar-refractivity contribution in [3.63, 3.8) is 0 Å². The van der Waals surface area contributed by atoms with Crippen LogP contribution in [0.5, 0.6) is 0 Å². The molecule has 0 aromatic carbocycles. The lowest BCUT2D eigenvalue weighted by molar-refractivity contribution is 0.388. The average Bonchev–Trinajstić information content (AvgIpc) is 3.59. The number of aryl methyl sites for hydroxylation is 1. The lowest BCUT2D eigenvalue weighted by atomic mass is 10.1. The zero-order valence-corrected chi connectivity index (χ0v) is 17.8. The van der Waals surface area contributed by atoms with E-state index >= 15 is 0 Å². The zero-order valence-electron chi connectivity index (χ0n) is 17.8. The second-order valence-electron chi connectivity index (χ2n) is 7.79. The maximum absolute atomic E-state index is 5.43. The standard InChI is InChI=1S/C23H25N7O/c1-3-19-14-21(28-31-19)23-26-22(27-30(23)16(2)17-8-10-24-11-9-17)20-7-6-18(15-25-20)29-12-4-5-13-29/h6-11,14-16H,3-5,12-13H2,1-2H3. The molecule has 31 heavy (non-hydrogen) atoms. The van der Waals surface area contributed by atoms with Crippen molar-refractivity contribution in [2.45, 2.75) is 39.2 Å². The predicted octanol–water partition coefficient (Wildman–Crippen LogP) is 4.16. The van der Waals surface area contributed by atoms with Gasteiger partial charge in [0.25, 0.3) is 0 Å². The molecule has 4 aromatic heterocycles. The highest BCUT2D eigenvalue weighted by Gasteiger charge is 2.22. The minimum absolute atomic E-state index is 0.0510. The minimum atomic E-state index is -0.0510. The molecule has 158 valence electrons. The Morgan fingerprint density at radius 2 is 1.87 bits per heavy atom. The van der Waals surface area contributed by atoms with Crippen molar-refractivity contribution in [3.05, 3.63) is 60.2 Å². The third kappa shape index (κ3) is 3.81. The van der Waals surface area contributed by atoms with E-state index in [0.29, 0.717) is 17.3 Å². The first-order valence-corrected chi connectivity index (χ1v) is 10.8. The highest BCUT2D eigenvalue weighted by Crippen LogP contribution is 2.28. The van der Waals surface area contributed by atoms with Gasteiger partial charge in [0.15, 0.2) is 17.3 Å². The number of hydrogen-bond acceptors (Lipinski definition) is 7. The van der Waals surface area contributed by atoms with Crippen molar-refractivity contribution < 1.29 is 4.52 Å². The van der Waals surface area contributed by atoms with Crippen molar-refractivity contribution in [1.82, 2.24) is 29.9 Å². The Hall–Kier alpha value is -3.55. The molecule has 4 aromatic rings. The maximum Gasteiger partial charge on any atom is 0.200 e. The molecule has 0 saturated carbocycles. The highest BCUT2D eigenvalue weighted by molar-refractivity contribution is 5.59. The van der Waals surface area contributed by atoms with E-state index in [1.165, 1.54) is 12.8 Å². The first-order valence-electron chi connectivity index (χ1n) is 10.8. The van der Waals surface area contributed by atoms with Gasteiger partial charge in [-0.2, -0.15) is 0 Å². The molecule has 0 radical (unpaired) electrons. The molecule has 1 aliphatic rings. The first kappa shape index (κ1) is 19.4. The van der Waals surface area contributed by atoms with Crippen LogP contribution in [-0.2, 0) is 6.42 Å². The first-order chi connectivity index (χ1) is 15.2. The highest BCUT2D eigenvalue weighted by atomic mass is 16.5. The van der Waals surface area contributed by atoms with Crippen LogP contribution >= 0.6 is 0 Å². The van der Waals surface area contributed by atoms with Crippen LogP contribution < -0.4 is 4.90 Å². The van der Waals surface area contributed by atoms with Crippen LogP contribution in [0.15, 0.2) is 53.4 Å². The average molecular weight is 416 g/mol. The van der Waals surface area contributed by atoms with Crippen LogP contribution in [-0.4, -0.2) is 43.0 Å². The number of hydrogen-bond donors (Lipinski definition) is 0. The van der Waals surface area contributed by atoms with E-state index in [1.807, 2.05) is 42.1 Å². The summed E-state index contributed by atoms with van der Waals surface area (Å²) in [6.07, 6.45) is 8.73. The molecule has 1 aliphatic heterocycles. The predicted molar refractivity (Wildman–Crippen MR) is 118 cm³/mol. The molecule has 0 amide bonds. The molecule has 1 atom stereocenters. The number of nitrogens with zero attached hydrogens (tertiary/aromatic N) is 7. The molecule has 0 aliphatic carbocycles. The van der Waals surface area contributed by atoms with Gasteiger partial charge in [-0.3, -0.25) is 9.97 Å². The van der Waals surface area contributed by atoms with Gasteiger partial charge in [0.2, 0.25) is 0 Å². The molecular weight excluding hydrogens is 390 g/mol.